The maximum absolute atomic E-state index is 6.21. The summed E-state index contributed by atoms with van der Waals surface area (Å²) >= 11 is 6.21. The Labute approximate surface area is 112 Å². The molecule has 1 aromatic heterocycles. The predicted octanol–water partition coefficient (Wildman–Crippen LogP) is 3.43. The van der Waals surface area contributed by atoms with E-state index in [0.29, 0.717) is 10.9 Å². The highest BCUT2D eigenvalue weighted by Crippen LogP contribution is 2.28. The van der Waals surface area contributed by atoms with Crippen LogP contribution in [0.25, 0.3) is 11.1 Å². The van der Waals surface area contributed by atoms with E-state index in [1.165, 1.54) is 0 Å². The highest BCUT2D eigenvalue weighted by molar-refractivity contribution is 6.31. The molecule has 0 saturated heterocycles. The van der Waals surface area contributed by atoms with E-state index in [2.05, 4.69) is 4.98 Å². The lowest BCUT2D eigenvalue weighted by Crippen LogP contribution is -2.05. The van der Waals surface area contributed by atoms with Crippen molar-refractivity contribution in [3.63, 3.8) is 0 Å². The van der Waals surface area contributed by atoms with Crippen molar-refractivity contribution >= 4 is 11.6 Å². The zero-order chi connectivity index (χ0) is 13.1. The fourth-order valence-corrected chi connectivity index (χ4v) is 2.10. The van der Waals surface area contributed by atoms with Gasteiger partial charge in [0.15, 0.2) is 0 Å². The van der Waals surface area contributed by atoms with Crippen molar-refractivity contribution in [2.45, 2.75) is 13.0 Å². The maximum Gasteiger partial charge on any atom is 0.212 e. The van der Waals surface area contributed by atoms with Gasteiger partial charge in [-0.1, -0.05) is 23.7 Å². The van der Waals surface area contributed by atoms with Crippen LogP contribution < -0.4 is 10.5 Å². The first kappa shape index (κ1) is 12.9. The first-order chi connectivity index (χ1) is 8.61. The Hall–Kier alpha value is -1.58. The molecule has 0 aliphatic carbocycles. The molecule has 2 rings (SSSR count). The SMILES string of the molecule is COc1ccc(-c2ccc(C(C)N)c(Cl)c2)cn1. The molecule has 1 aromatic carbocycles. The van der Waals surface area contributed by atoms with Gasteiger partial charge in [0.25, 0.3) is 0 Å². The monoisotopic (exact) mass is 262 g/mol. The lowest BCUT2D eigenvalue weighted by atomic mass is 10.0. The molecule has 0 aliphatic heterocycles. The molecule has 0 fully saturated rings. The third-order valence-electron chi connectivity index (χ3n) is 2.77. The van der Waals surface area contributed by atoms with Crippen molar-refractivity contribution in [2.75, 3.05) is 7.11 Å². The van der Waals surface area contributed by atoms with Crippen LogP contribution in [-0.4, -0.2) is 12.1 Å². The standard InChI is InChI=1S/C14H15ClN2O/c1-9(16)12-5-3-10(7-13(12)15)11-4-6-14(18-2)17-8-11/h3-9H,16H2,1-2H3. The summed E-state index contributed by atoms with van der Waals surface area (Å²) in [4.78, 5) is 4.17. The number of rotatable bonds is 3. The summed E-state index contributed by atoms with van der Waals surface area (Å²) in [5, 5.41) is 0.679. The minimum absolute atomic E-state index is 0.0689. The molecule has 1 atom stereocenters. The van der Waals surface area contributed by atoms with Gasteiger partial charge in [0, 0.05) is 28.9 Å². The summed E-state index contributed by atoms with van der Waals surface area (Å²) in [6.07, 6.45) is 1.76. The van der Waals surface area contributed by atoms with E-state index in [1.807, 2.05) is 37.3 Å². The van der Waals surface area contributed by atoms with E-state index in [-0.39, 0.29) is 6.04 Å². The highest BCUT2D eigenvalue weighted by Gasteiger charge is 2.07. The van der Waals surface area contributed by atoms with E-state index >= 15 is 0 Å². The summed E-state index contributed by atoms with van der Waals surface area (Å²) in [5.41, 5.74) is 8.78. The zero-order valence-corrected chi connectivity index (χ0v) is 11.1. The molecule has 2 aromatic rings. The van der Waals surface area contributed by atoms with E-state index < -0.39 is 0 Å². The molecule has 18 heavy (non-hydrogen) atoms. The Morgan fingerprint density at radius 1 is 1.22 bits per heavy atom. The molecular weight excluding hydrogens is 248 g/mol. The molecule has 0 spiro atoms. The van der Waals surface area contributed by atoms with Crippen molar-refractivity contribution in [1.82, 2.24) is 4.98 Å². The maximum atomic E-state index is 6.21. The predicted molar refractivity (Wildman–Crippen MR) is 73.8 cm³/mol. The smallest absolute Gasteiger partial charge is 0.212 e. The molecule has 1 heterocycles. The number of hydrogen-bond donors (Lipinski definition) is 1. The van der Waals surface area contributed by atoms with E-state index in [1.54, 1.807) is 13.3 Å². The summed E-state index contributed by atoms with van der Waals surface area (Å²) in [6, 6.07) is 9.55. The average molecular weight is 263 g/mol. The molecule has 4 heteroatoms. The lowest BCUT2D eigenvalue weighted by Gasteiger charge is -2.10. The van der Waals surface area contributed by atoms with Gasteiger partial charge in [-0.15, -0.1) is 0 Å². The van der Waals surface area contributed by atoms with Crippen LogP contribution in [-0.2, 0) is 0 Å². The molecule has 0 amide bonds. The van der Waals surface area contributed by atoms with Crippen LogP contribution >= 0.6 is 11.6 Å². The van der Waals surface area contributed by atoms with E-state index in [4.69, 9.17) is 22.1 Å². The Balaban J connectivity index is 2.36. The fourth-order valence-electron chi connectivity index (χ4n) is 1.75. The average Bonchev–Trinajstić information content (AvgIpc) is 2.38. The number of halogens is 1. The van der Waals surface area contributed by atoms with Gasteiger partial charge < -0.3 is 10.5 Å². The minimum atomic E-state index is -0.0689. The number of aromatic nitrogens is 1. The number of benzene rings is 1. The van der Waals surface area contributed by atoms with Crippen LogP contribution in [0.4, 0.5) is 0 Å². The van der Waals surface area contributed by atoms with Gasteiger partial charge >= 0.3 is 0 Å². The van der Waals surface area contributed by atoms with Crippen molar-refractivity contribution < 1.29 is 4.74 Å². The van der Waals surface area contributed by atoms with Crippen LogP contribution in [0, 0.1) is 0 Å². The molecule has 2 N–H and O–H groups in total. The van der Waals surface area contributed by atoms with Crippen molar-refractivity contribution in [2.24, 2.45) is 5.73 Å². The van der Waals surface area contributed by atoms with Crippen molar-refractivity contribution in [1.29, 1.82) is 0 Å². The summed E-state index contributed by atoms with van der Waals surface area (Å²) < 4.78 is 5.03. The van der Waals surface area contributed by atoms with Crippen LogP contribution in [0.1, 0.15) is 18.5 Å². The van der Waals surface area contributed by atoms with Crippen LogP contribution in [0.15, 0.2) is 36.5 Å². The number of methoxy groups -OCH3 is 1. The molecule has 0 bridgehead atoms. The molecule has 0 radical (unpaired) electrons. The number of pyridine rings is 1. The first-order valence-corrected chi connectivity index (χ1v) is 6.05. The third kappa shape index (κ3) is 2.63. The first-order valence-electron chi connectivity index (χ1n) is 5.67. The van der Waals surface area contributed by atoms with Gasteiger partial charge in [-0.2, -0.15) is 0 Å². The van der Waals surface area contributed by atoms with Crippen LogP contribution in [0.3, 0.4) is 0 Å². The quantitative estimate of drug-likeness (QED) is 0.922. The zero-order valence-electron chi connectivity index (χ0n) is 10.4. The van der Waals surface area contributed by atoms with E-state index in [0.717, 1.165) is 16.7 Å². The number of nitrogens with two attached hydrogens (primary N) is 1. The summed E-state index contributed by atoms with van der Waals surface area (Å²) in [5.74, 6) is 0.594. The molecular formula is C14H15ClN2O. The highest BCUT2D eigenvalue weighted by atomic mass is 35.5. The topological polar surface area (TPSA) is 48.1 Å². The molecule has 0 saturated carbocycles. The largest absolute Gasteiger partial charge is 0.481 e. The normalized spacial score (nSPS) is 12.2. The van der Waals surface area contributed by atoms with Crippen molar-refractivity contribution in [3.8, 4) is 17.0 Å². The van der Waals surface area contributed by atoms with Crippen LogP contribution in [0.5, 0.6) is 5.88 Å². The van der Waals surface area contributed by atoms with E-state index in [9.17, 15) is 0 Å². The fraction of sp³-hybridized carbons (Fsp3) is 0.214. The number of hydrogen-bond acceptors (Lipinski definition) is 3. The summed E-state index contributed by atoms with van der Waals surface area (Å²) in [6.45, 7) is 1.91. The minimum Gasteiger partial charge on any atom is -0.481 e. The van der Waals surface area contributed by atoms with Gasteiger partial charge in [-0.25, -0.2) is 4.98 Å². The van der Waals surface area contributed by atoms with Gasteiger partial charge in [-0.3, -0.25) is 0 Å². The number of nitrogens with zero attached hydrogens (tertiary/aromatic N) is 1. The molecule has 0 aliphatic rings. The Morgan fingerprint density at radius 2 is 1.94 bits per heavy atom. The second-order valence-corrected chi connectivity index (χ2v) is 4.52. The second-order valence-electron chi connectivity index (χ2n) is 4.11. The van der Waals surface area contributed by atoms with Crippen molar-refractivity contribution in [3.05, 3.63) is 47.1 Å². The Kier molecular flexibility index (Phi) is 3.84. The lowest BCUT2D eigenvalue weighted by molar-refractivity contribution is 0.398. The van der Waals surface area contributed by atoms with Gasteiger partial charge in [-0.05, 0) is 30.2 Å². The third-order valence-corrected chi connectivity index (χ3v) is 3.10. The Bertz CT molecular complexity index is 538. The molecule has 3 nitrogen and oxygen atoms in total. The number of ether oxygens (including phenoxy) is 1. The second kappa shape index (κ2) is 5.38. The Morgan fingerprint density at radius 3 is 2.44 bits per heavy atom. The van der Waals surface area contributed by atoms with Gasteiger partial charge in [0.05, 0.1) is 7.11 Å². The van der Waals surface area contributed by atoms with Crippen LogP contribution in [0.2, 0.25) is 5.02 Å². The van der Waals surface area contributed by atoms with Gasteiger partial charge in [0.1, 0.15) is 0 Å². The molecule has 1 unspecified atom stereocenters. The summed E-state index contributed by atoms with van der Waals surface area (Å²) in [7, 11) is 1.59. The van der Waals surface area contributed by atoms with Gasteiger partial charge in [0.2, 0.25) is 5.88 Å². The molecule has 94 valence electrons.